The van der Waals surface area contributed by atoms with E-state index in [0.717, 1.165) is 11.4 Å². The van der Waals surface area contributed by atoms with Crippen molar-refractivity contribution in [2.75, 3.05) is 5.32 Å². The largest absolute Gasteiger partial charge is 0.328 e. The number of nitrogens with one attached hydrogen (secondary N) is 1. The van der Waals surface area contributed by atoms with Crippen LogP contribution in [0, 0.1) is 11.7 Å². The van der Waals surface area contributed by atoms with Gasteiger partial charge in [0.05, 0.1) is 12.0 Å². The van der Waals surface area contributed by atoms with Crippen LogP contribution in [0.4, 0.5) is 10.3 Å². The Morgan fingerprint density at radius 3 is 2.76 bits per heavy atom. The molecule has 7 heteroatoms. The molecule has 2 heterocycles. The summed E-state index contributed by atoms with van der Waals surface area (Å²) in [5, 5.41) is 8.51. The van der Waals surface area contributed by atoms with Crippen LogP contribution in [0.25, 0.3) is 0 Å². The van der Waals surface area contributed by atoms with Gasteiger partial charge in [-0.05, 0) is 18.1 Å². The van der Waals surface area contributed by atoms with Gasteiger partial charge in [0, 0.05) is 23.4 Å². The molecule has 0 bridgehead atoms. The molecule has 0 unspecified atom stereocenters. The Bertz CT molecular complexity index is 1100. The summed E-state index contributed by atoms with van der Waals surface area (Å²) in [6.07, 6.45) is 3.17. The Hall–Kier alpha value is -2.93. The second-order valence-corrected chi connectivity index (χ2v) is 8.11. The van der Waals surface area contributed by atoms with Crippen molar-refractivity contribution in [1.82, 2.24) is 14.8 Å². The van der Waals surface area contributed by atoms with Gasteiger partial charge >= 0.3 is 0 Å². The second kappa shape index (κ2) is 7.48. The molecule has 146 valence electrons. The maximum atomic E-state index is 14.7. The van der Waals surface area contributed by atoms with E-state index in [0.29, 0.717) is 29.5 Å². The first-order valence-electron chi connectivity index (χ1n) is 9.58. The highest BCUT2D eigenvalue weighted by atomic mass is 32.2. The molecule has 0 amide bonds. The number of benzene rings is 2. The number of nitrogens with zero attached hydrogens (tertiary/aromatic N) is 3. The normalized spacial score (nSPS) is 20.4. The van der Waals surface area contributed by atoms with Gasteiger partial charge in [0.25, 0.3) is 0 Å². The highest BCUT2D eigenvalue weighted by Gasteiger charge is 2.42. The standard InChI is InChI=1S/C22H19FN4OS/c23-16-10-5-4-9-15(16)20-19-17(11-6-12-18(19)28)24-21-25-22(26-27(20)21)29-13-14-7-2-1-3-8-14/h1-5,7-11,19-20H,6,12-13H2,(H,24,25,26)/t19-,20-/m0/s1. The van der Waals surface area contributed by atoms with E-state index in [-0.39, 0.29) is 11.6 Å². The number of hydrogen-bond acceptors (Lipinski definition) is 5. The van der Waals surface area contributed by atoms with Crippen molar-refractivity contribution in [2.45, 2.75) is 29.8 Å². The fourth-order valence-corrected chi connectivity index (χ4v) is 4.75. The van der Waals surface area contributed by atoms with Gasteiger partial charge in [0.1, 0.15) is 11.6 Å². The topological polar surface area (TPSA) is 59.8 Å². The number of aromatic nitrogens is 3. The molecule has 1 aliphatic carbocycles. The number of carbonyl (C=O) groups is 1. The van der Waals surface area contributed by atoms with E-state index in [1.165, 1.54) is 23.4 Å². The predicted octanol–water partition coefficient (Wildman–Crippen LogP) is 4.59. The van der Waals surface area contributed by atoms with Crippen LogP contribution in [0.3, 0.4) is 0 Å². The molecule has 0 spiro atoms. The highest BCUT2D eigenvalue weighted by molar-refractivity contribution is 7.98. The molecule has 2 atom stereocenters. The number of anilines is 1. The summed E-state index contributed by atoms with van der Waals surface area (Å²) in [6.45, 7) is 0. The van der Waals surface area contributed by atoms with Crippen LogP contribution in [-0.2, 0) is 10.5 Å². The minimum atomic E-state index is -0.537. The van der Waals surface area contributed by atoms with E-state index < -0.39 is 12.0 Å². The number of fused-ring (bicyclic) bond motifs is 2. The Morgan fingerprint density at radius 1 is 1.14 bits per heavy atom. The first-order valence-corrected chi connectivity index (χ1v) is 10.6. The number of ketones is 1. The van der Waals surface area contributed by atoms with E-state index in [1.807, 2.05) is 24.3 Å². The molecule has 0 saturated heterocycles. The maximum Gasteiger partial charge on any atom is 0.227 e. The van der Waals surface area contributed by atoms with Crippen LogP contribution in [0.1, 0.15) is 30.0 Å². The lowest BCUT2D eigenvalue weighted by molar-refractivity contribution is -0.123. The molecular formula is C22H19FN4OS. The van der Waals surface area contributed by atoms with Crippen molar-refractivity contribution in [3.63, 3.8) is 0 Å². The van der Waals surface area contributed by atoms with E-state index in [4.69, 9.17) is 0 Å². The van der Waals surface area contributed by atoms with Gasteiger partial charge in [-0.3, -0.25) is 4.79 Å². The summed E-state index contributed by atoms with van der Waals surface area (Å²) in [6, 6.07) is 16.2. The van der Waals surface area contributed by atoms with E-state index >= 15 is 0 Å². The average molecular weight is 406 g/mol. The Balaban J connectivity index is 1.54. The van der Waals surface area contributed by atoms with Crippen LogP contribution >= 0.6 is 11.8 Å². The molecule has 29 heavy (non-hydrogen) atoms. The van der Waals surface area contributed by atoms with E-state index in [2.05, 4.69) is 27.5 Å². The van der Waals surface area contributed by atoms with Gasteiger partial charge in [-0.2, -0.15) is 4.98 Å². The zero-order chi connectivity index (χ0) is 19.8. The molecule has 1 N–H and O–H groups in total. The quantitative estimate of drug-likeness (QED) is 0.643. The molecule has 0 radical (unpaired) electrons. The molecule has 0 saturated carbocycles. The summed E-state index contributed by atoms with van der Waals surface area (Å²) in [5.41, 5.74) is 2.44. The van der Waals surface area contributed by atoms with Crippen molar-refractivity contribution in [2.24, 2.45) is 5.92 Å². The van der Waals surface area contributed by atoms with Crippen molar-refractivity contribution >= 4 is 23.5 Å². The molecular weight excluding hydrogens is 387 g/mol. The SMILES string of the molecule is O=C1CCC=C2Nc3nc(SCc4ccccc4)nn3[C@@H](c3ccccc3F)[C@H]12. The van der Waals surface area contributed by atoms with Crippen molar-refractivity contribution < 1.29 is 9.18 Å². The average Bonchev–Trinajstić information content (AvgIpc) is 3.15. The number of hydrogen-bond donors (Lipinski definition) is 1. The zero-order valence-electron chi connectivity index (χ0n) is 15.6. The molecule has 2 aliphatic rings. The van der Waals surface area contributed by atoms with Gasteiger partial charge in [-0.15, -0.1) is 5.10 Å². The zero-order valence-corrected chi connectivity index (χ0v) is 16.4. The van der Waals surface area contributed by atoms with Crippen molar-refractivity contribution in [3.8, 4) is 0 Å². The first-order chi connectivity index (χ1) is 14.2. The maximum absolute atomic E-state index is 14.7. The van der Waals surface area contributed by atoms with Crippen LogP contribution < -0.4 is 5.32 Å². The van der Waals surface area contributed by atoms with Crippen LogP contribution in [0.5, 0.6) is 0 Å². The third kappa shape index (κ3) is 3.35. The van der Waals surface area contributed by atoms with Gasteiger partial charge in [0.2, 0.25) is 11.1 Å². The second-order valence-electron chi connectivity index (χ2n) is 7.17. The lowest BCUT2D eigenvalue weighted by Gasteiger charge is -2.36. The van der Waals surface area contributed by atoms with E-state index in [1.54, 1.807) is 22.9 Å². The minimum absolute atomic E-state index is 0.0999. The lowest BCUT2D eigenvalue weighted by atomic mass is 9.80. The summed E-state index contributed by atoms with van der Waals surface area (Å²) in [5.74, 6) is 0.576. The predicted molar refractivity (Wildman–Crippen MR) is 110 cm³/mol. The third-order valence-electron chi connectivity index (χ3n) is 5.32. The molecule has 1 aromatic heterocycles. The Labute approximate surface area is 172 Å². The summed E-state index contributed by atoms with van der Waals surface area (Å²) in [4.78, 5) is 17.4. The van der Waals surface area contributed by atoms with Crippen LogP contribution in [0.2, 0.25) is 0 Å². The minimum Gasteiger partial charge on any atom is -0.328 e. The molecule has 0 fully saturated rings. The molecule has 2 aromatic carbocycles. The first kappa shape index (κ1) is 18.1. The summed E-state index contributed by atoms with van der Waals surface area (Å²) >= 11 is 1.52. The van der Waals surface area contributed by atoms with Gasteiger partial charge in [0.15, 0.2) is 0 Å². The smallest absolute Gasteiger partial charge is 0.227 e. The monoisotopic (exact) mass is 406 g/mol. The van der Waals surface area contributed by atoms with E-state index in [9.17, 15) is 9.18 Å². The number of thioether (sulfide) groups is 1. The highest BCUT2D eigenvalue weighted by Crippen LogP contribution is 2.42. The Morgan fingerprint density at radius 2 is 1.93 bits per heavy atom. The molecule has 5 nitrogen and oxygen atoms in total. The van der Waals surface area contributed by atoms with Crippen LogP contribution in [0.15, 0.2) is 71.5 Å². The fraction of sp³-hybridized carbons (Fsp3) is 0.227. The molecule has 3 aromatic rings. The van der Waals surface area contributed by atoms with Gasteiger partial charge in [-0.1, -0.05) is 66.4 Å². The summed E-state index contributed by atoms with van der Waals surface area (Å²) < 4.78 is 16.4. The number of Topliss-reactive ketones (excluding diaryl/α,β-unsaturated/α-hetero) is 1. The van der Waals surface area contributed by atoms with Gasteiger partial charge in [-0.25, -0.2) is 9.07 Å². The summed E-state index contributed by atoms with van der Waals surface area (Å²) in [7, 11) is 0. The number of allylic oxidation sites excluding steroid dienone is 2. The number of rotatable bonds is 4. The van der Waals surface area contributed by atoms with Gasteiger partial charge < -0.3 is 5.32 Å². The van der Waals surface area contributed by atoms with Crippen molar-refractivity contribution in [1.29, 1.82) is 0 Å². The van der Waals surface area contributed by atoms with Crippen molar-refractivity contribution in [3.05, 3.63) is 83.3 Å². The number of halogens is 1. The number of carbonyl (C=O) groups excluding carboxylic acids is 1. The Kier molecular flexibility index (Phi) is 4.67. The molecule has 5 rings (SSSR count). The fourth-order valence-electron chi connectivity index (χ4n) is 3.96. The molecule has 1 aliphatic heterocycles. The van der Waals surface area contributed by atoms with Crippen LogP contribution in [-0.4, -0.2) is 20.5 Å². The lowest BCUT2D eigenvalue weighted by Crippen LogP contribution is -2.39. The third-order valence-corrected chi connectivity index (χ3v) is 6.23.